The van der Waals surface area contributed by atoms with E-state index in [0.29, 0.717) is 0 Å². The summed E-state index contributed by atoms with van der Waals surface area (Å²) in [5, 5.41) is -0.179. The fraction of sp³-hybridized carbons (Fsp3) is 0.900. The van der Waals surface area contributed by atoms with Crippen molar-refractivity contribution in [2.45, 2.75) is 19.1 Å². The summed E-state index contributed by atoms with van der Waals surface area (Å²) in [6, 6.07) is 0. The lowest BCUT2D eigenvalue weighted by Crippen LogP contribution is -2.39. The zero-order valence-corrected chi connectivity index (χ0v) is 10.7. The molecular weight excluding hydrogens is 196 g/mol. The van der Waals surface area contributed by atoms with Crippen molar-refractivity contribution in [2.75, 3.05) is 34.2 Å². The first-order chi connectivity index (χ1) is 6.36. The van der Waals surface area contributed by atoms with Crippen LogP contribution < -0.4 is 0 Å². The molecule has 0 aromatic heterocycles. The average molecular weight is 218 g/mol. The summed E-state index contributed by atoms with van der Waals surface area (Å²) in [6.07, 6.45) is 0. The molecule has 0 N–H and O–H groups in total. The van der Waals surface area contributed by atoms with Crippen LogP contribution in [0.5, 0.6) is 0 Å². The zero-order valence-electron chi connectivity index (χ0n) is 9.82. The molecule has 14 heavy (non-hydrogen) atoms. The van der Waals surface area contributed by atoms with Crippen LogP contribution in [0, 0.1) is 5.92 Å². The normalized spacial score (nSPS) is 13.4. The van der Waals surface area contributed by atoms with Gasteiger partial charge in [0.25, 0.3) is 0 Å². The van der Waals surface area contributed by atoms with Crippen molar-refractivity contribution >= 4 is 18.5 Å². The van der Waals surface area contributed by atoms with Gasteiger partial charge in [-0.25, -0.2) is 0 Å². The van der Waals surface area contributed by atoms with Gasteiger partial charge in [-0.1, -0.05) is 13.8 Å². The molecule has 0 aromatic carbocycles. The van der Waals surface area contributed by atoms with E-state index in [2.05, 4.69) is 17.5 Å². The first kappa shape index (κ1) is 13.8. The number of hydrogen-bond donors (Lipinski definition) is 1. The number of nitrogens with zero attached hydrogens (tertiary/aromatic N) is 2. The number of likely N-dealkylation sites (N-methyl/N-ethyl adjacent to an activating group) is 2. The van der Waals surface area contributed by atoms with Gasteiger partial charge in [-0.3, -0.25) is 4.79 Å². The van der Waals surface area contributed by atoms with Crippen molar-refractivity contribution in [3.8, 4) is 0 Å². The summed E-state index contributed by atoms with van der Waals surface area (Å²) in [7, 11) is 5.83. The van der Waals surface area contributed by atoms with Gasteiger partial charge in [0.15, 0.2) is 0 Å². The summed E-state index contributed by atoms with van der Waals surface area (Å²) in [5.74, 6) is 0.401. The molecule has 0 bridgehead atoms. The Labute approximate surface area is 92.9 Å². The van der Waals surface area contributed by atoms with E-state index in [-0.39, 0.29) is 17.1 Å². The molecule has 1 amide bonds. The maximum atomic E-state index is 11.7. The first-order valence-electron chi connectivity index (χ1n) is 4.94. The minimum atomic E-state index is -0.179. The second kappa shape index (κ2) is 6.30. The molecule has 0 heterocycles. The maximum Gasteiger partial charge on any atom is 0.235 e. The zero-order chi connectivity index (χ0) is 11.3. The molecule has 1 unspecified atom stereocenters. The van der Waals surface area contributed by atoms with Gasteiger partial charge in [0.05, 0.1) is 5.25 Å². The Kier molecular flexibility index (Phi) is 6.20. The standard InChI is InChI=1S/C10H22N2OS/c1-8(2)9(14)10(13)12(5)7-6-11(3)4/h8-9,14H,6-7H2,1-5H3. The quantitative estimate of drug-likeness (QED) is 0.695. The van der Waals surface area contributed by atoms with Gasteiger partial charge in [0.2, 0.25) is 5.91 Å². The third-order valence-electron chi connectivity index (χ3n) is 2.14. The smallest absolute Gasteiger partial charge is 0.235 e. The van der Waals surface area contributed by atoms with Crippen LogP contribution in [-0.2, 0) is 4.79 Å². The third-order valence-corrected chi connectivity index (χ3v) is 2.96. The lowest BCUT2D eigenvalue weighted by Gasteiger charge is -2.24. The first-order valence-corrected chi connectivity index (χ1v) is 5.45. The van der Waals surface area contributed by atoms with Crippen molar-refractivity contribution in [3.05, 3.63) is 0 Å². The molecule has 0 radical (unpaired) electrons. The lowest BCUT2D eigenvalue weighted by molar-refractivity contribution is -0.130. The monoisotopic (exact) mass is 218 g/mol. The topological polar surface area (TPSA) is 23.6 Å². The summed E-state index contributed by atoms with van der Waals surface area (Å²) < 4.78 is 0. The number of carbonyl (C=O) groups is 1. The van der Waals surface area contributed by atoms with Crippen LogP contribution in [0.1, 0.15) is 13.8 Å². The Morgan fingerprint density at radius 3 is 2.07 bits per heavy atom. The molecule has 3 nitrogen and oxygen atoms in total. The van der Waals surface area contributed by atoms with Gasteiger partial charge in [0.1, 0.15) is 0 Å². The molecule has 0 rings (SSSR count). The summed E-state index contributed by atoms with van der Waals surface area (Å²) >= 11 is 4.30. The molecule has 4 heteroatoms. The summed E-state index contributed by atoms with van der Waals surface area (Å²) in [6.45, 7) is 5.67. The van der Waals surface area contributed by atoms with Crippen molar-refractivity contribution in [2.24, 2.45) is 5.92 Å². The number of carbonyl (C=O) groups excluding carboxylic acids is 1. The average Bonchev–Trinajstić information content (AvgIpc) is 2.11. The van der Waals surface area contributed by atoms with Gasteiger partial charge >= 0.3 is 0 Å². The van der Waals surface area contributed by atoms with Crippen molar-refractivity contribution in [1.29, 1.82) is 0 Å². The molecule has 0 saturated heterocycles. The predicted octanol–water partition coefficient (Wildman–Crippen LogP) is 0.961. The number of thiol groups is 1. The molecular formula is C10H22N2OS. The van der Waals surface area contributed by atoms with Crippen molar-refractivity contribution < 1.29 is 4.79 Å². The largest absolute Gasteiger partial charge is 0.344 e. The van der Waals surface area contributed by atoms with Crippen LogP contribution in [0.15, 0.2) is 0 Å². The van der Waals surface area contributed by atoms with E-state index in [1.165, 1.54) is 0 Å². The Morgan fingerprint density at radius 2 is 1.71 bits per heavy atom. The van der Waals surface area contributed by atoms with E-state index in [1.807, 2.05) is 35.0 Å². The van der Waals surface area contributed by atoms with Crippen LogP contribution in [0.3, 0.4) is 0 Å². The fourth-order valence-corrected chi connectivity index (χ4v) is 1.17. The predicted molar refractivity (Wildman–Crippen MR) is 63.8 cm³/mol. The van der Waals surface area contributed by atoms with E-state index in [1.54, 1.807) is 4.90 Å². The second-order valence-corrected chi connectivity index (χ2v) is 4.81. The van der Waals surface area contributed by atoms with E-state index >= 15 is 0 Å². The Hall–Kier alpha value is -0.220. The molecule has 84 valence electrons. The summed E-state index contributed by atoms with van der Waals surface area (Å²) in [5.41, 5.74) is 0. The highest BCUT2D eigenvalue weighted by atomic mass is 32.1. The van der Waals surface area contributed by atoms with Crippen LogP contribution in [0.2, 0.25) is 0 Å². The molecule has 1 atom stereocenters. The molecule has 0 spiro atoms. The number of hydrogen-bond acceptors (Lipinski definition) is 3. The van der Waals surface area contributed by atoms with Crippen molar-refractivity contribution in [3.63, 3.8) is 0 Å². The van der Waals surface area contributed by atoms with Crippen LogP contribution in [0.25, 0.3) is 0 Å². The Balaban J connectivity index is 3.99. The Bertz CT molecular complexity index is 183. The van der Waals surface area contributed by atoms with Crippen molar-refractivity contribution in [1.82, 2.24) is 9.80 Å². The van der Waals surface area contributed by atoms with Gasteiger partial charge in [-0.2, -0.15) is 12.6 Å². The highest BCUT2D eigenvalue weighted by molar-refractivity contribution is 7.81. The summed E-state index contributed by atoms with van der Waals surface area (Å²) in [4.78, 5) is 15.5. The van der Waals surface area contributed by atoms with Crippen LogP contribution in [-0.4, -0.2) is 55.2 Å². The molecule has 0 fully saturated rings. The second-order valence-electron chi connectivity index (χ2n) is 4.25. The van der Waals surface area contributed by atoms with Crippen LogP contribution in [0.4, 0.5) is 0 Å². The number of rotatable bonds is 5. The van der Waals surface area contributed by atoms with E-state index in [4.69, 9.17) is 0 Å². The van der Waals surface area contributed by atoms with Gasteiger partial charge in [-0.15, -0.1) is 0 Å². The Morgan fingerprint density at radius 1 is 1.21 bits per heavy atom. The minimum Gasteiger partial charge on any atom is -0.344 e. The maximum absolute atomic E-state index is 11.7. The highest BCUT2D eigenvalue weighted by Crippen LogP contribution is 2.11. The number of amides is 1. The highest BCUT2D eigenvalue weighted by Gasteiger charge is 2.20. The van der Waals surface area contributed by atoms with Gasteiger partial charge in [-0.05, 0) is 20.0 Å². The van der Waals surface area contributed by atoms with E-state index < -0.39 is 0 Å². The van der Waals surface area contributed by atoms with Gasteiger partial charge < -0.3 is 9.80 Å². The fourth-order valence-electron chi connectivity index (χ4n) is 0.971. The van der Waals surface area contributed by atoms with Crippen LogP contribution >= 0.6 is 12.6 Å². The SMILES string of the molecule is CC(C)C(S)C(=O)N(C)CCN(C)C. The molecule has 0 aromatic rings. The van der Waals surface area contributed by atoms with Gasteiger partial charge in [0, 0.05) is 20.1 Å². The molecule has 0 aliphatic carbocycles. The van der Waals surface area contributed by atoms with E-state index in [0.717, 1.165) is 13.1 Å². The molecule has 0 aliphatic heterocycles. The minimum absolute atomic E-state index is 0.116. The third kappa shape index (κ3) is 4.86. The van der Waals surface area contributed by atoms with E-state index in [9.17, 15) is 4.79 Å². The molecule has 0 aliphatic rings. The lowest BCUT2D eigenvalue weighted by atomic mass is 10.1. The molecule has 0 saturated carbocycles.